The average molecular weight is 320 g/mol. The molecule has 4 nitrogen and oxygen atoms in total. The van der Waals surface area contributed by atoms with Gasteiger partial charge in [-0.1, -0.05) is 20.8 Å². The summed E-state index contributed by atoms with van der Waals surface area (Å²) in [7, 11) is 0. The van der Waals surface area contributed by atoms with E-state index >= 15 is 0 Å². The monoisotopic (exact) mass is 320 g/mol. The van der Waals surface area contributed by atoms with Crippen molar-refractivity contribution in [3.05, 3.63) is 0 Å². The van der Waals surface area contributed by atoms with E-state index in [0.717, 1.165) is 12.8 Å². The molecule has 5 unspecified atom stereocenters. The van der Waals surface area contributed by atoms with E-state index in [1.54, 1.807) is 0 Å². The number of carboxylic acids is 1. The number of ketones is 2. The highest BCUT2D eigenvalue weighted by Gasteiger charge is 2.60. The van der Waals surface area contributed by atoms with E-state index in [1.807, 2.05) is 6.92 Å². The van der Waals surface area contributed by atoms with Crippen LogP contribution in [0.1, 0.15) is 65.7 Å². The molecule has 3 fully saturated rings. The number of fused-ring (bicyclic) bond motifs is 3. The fourth-order valence-electron chi connectivity index (χ4n) is 6.07. The van der Waals surface area contributed by atoms with Crippen molar-refractivity contribution < 1.29 is 19.5 Å². The Bertz CT molecular complexity index is 554. The Morgan fingerprint density at radius 3 is 2.57 bits per heavy atom. The lowest BCUT2D eigenvalue weighted by molar-refractivity contribution is -0.152. The summed E-state index contributed by atoms with van der Waals surface area (Å²) in [4.78, 5) is 35.9. The van der Waals surface area contributed by atoms with Gasteiger partial charge in [0, 0.05) is 31.1 Å². The summed E-state index contributed by atoms with van der Waals surface area (Å²) >= 11 is 0. The molecule has 1 N–H and O–H groups in total. The molecular formula is C19H28O4. The molecule has 0 aromatic rings. The van der Waals surface area contributed by atoms with Crippen molar-refractivity contribution in [2.24, 2.45) is 34.5 Å². The van der Waals surface area contributed by atoms with Crippen LogP contribution in [-0.4, -0.2) is 22.6 Å². The largest absolute Gasteiger partial charge is 0.481 e. The first-order valence-corrected chi connectivity index (χ1v) is 8.94. The smallest absolute Gasteiger partial charge is 0.303 e. The third-order valence-electron chi connectivity index (χ3n) is 7.38. The summed E-state index contributed by atoms with van der Waals surface area (Å²) in [6, 6.07) is 0. The standard InChI is InChI=1S/C19H28O4/c1-11-8-15(21)19(3,7-5-16(22)23)13-4-6-18(2)10-12(20)9-14(18)17(11)13/h11,13-14,17H,4-10H2,1-3H3,(H,22,23)/t11?,13?,14?,17?,18-,19?/m1/s1. The minimum Gasteiger partial charge on any atom is -0.481 e. The van der Waals surface area contributed by atoms with Crippen molar-refractivity contribution in [1.29, 1.82) is 0 Å². The van der Waals surface area contributed by atoms with Crippen molar-refractivity contribution in [3.8, 4) is 0 Å². The molecule has 0 radical (unpaired) electrons. The molecule has 0 spiro atoms. The highest BCUT2D eigenvalue weighted by atomic mass is 16.4. The fourth-order valence-corrected chi connectivity index (χ4v) is 6.07. The molecule has 0 aliphatic heterocycles. The minimum atomic E-state index is -0.828. The topological polar surface area (TPSA) is 71.4 Å². The van der Waals surface area contributed by atoms with Gasteiger partial charge in [-0.2, -0.15) is 0 Å². The molecule has 6 atom stereocenters. The molecule has 0 bridgehead atoms. The zero-order valence-corrected chi connectivity index (χ0v) is 14.4. The van der Waals surface area contributed by atoms with Crippen LogP contribution in [0.15, 0.2) is 0 Å². The van der Waals surface area contributed by atoms with Gasteiger partial charge in [0.15, 0.2) is 0 Å². The van der Waals surface area contributed by atoms with E-state index in [9.17, 15) is 14.4 Å². The Hall–Kier alpha value is -1.19. The van der Waals surface area contributed by atoms with E-state index < -0.39 is 11.4 Å². The number of rotatable bonds is 3. The molecule has 23 heavy (non-hydrogen) atoms. The lowest BCUT2D eigenvalue weighted by atomic mass is 9.47. The Kier molecular flexibility index (Phi) is 3.93. The Balaban J connectivity index is 1.93. The van der Waals surface area contributed by atoms with Gasteiger partial charge in [-0.05, 0) is 48.3 Å². The van der Waals surface area contributed by atoms with Crippen LogP contribution in [0.3, 0.4) is 0 Å². The third kappa shape index (κ3) is 2.54. The van der Waals surface area contributed by atoms with Crippen LogP contribution < -0.4 is 0 Å². The average Bonchev–Trinajstić information content (AvgIpc) is 2.76. The first-order chi connectivity index (χ1) is 10.7. The maximum atomic E-state index is 12.8. The maximum absolute atomic E-state index is 12.8. The molecule has 0 heterocycles. The van der Waals surface area contributed by atoms with E-state index in [0.29, 0.717) is 49.2 Å². The minimum absolute atomic E-state index is 0.0563. The third-order valence-corrected chi connectivity index (χ3v) is 7.38. The van der Waals surface area contributed by atoms with E-state index in [1.165, 1.54) is 0 Å². The van der Waals surface area contributed by atoms with Gasteiger partial charge >= 0.3 is 5.97 Å². The van der Waals surface area contributed by atoms with Crippen molar-refractivity contribution in [1.82, 2.24) is 0 Å². The van der Waals surface area contributed by atoms with Crippen molar-refractivity contribution >= 4 is 17.5 Å². The first kappa shape index (κ1) is 16.7. The molecule has 3 saturated carbocycles. The zero-order valence-electron chi connectivity index (χ0n) is 14.4. The normalized spacial score (nSPS) is 46.4. The van der Waals surface area contributed by atoms with Gasteiger partial charge in [0.05, 0.1) is 0 Å². The van der Waals surface area contributed by atoms with Crippen LogP contribution in [0, 0.1) is 34.5 Å². The predicted molar refractivity (Wildman–Crippen MR) is 85.8 cm³/mol. The number of carbonyl (C=O) groups is 3. The van der Waals surface area contributed by atoms with Gasteiger partial charge in [-0.25, -0.2) is 0 Å². The first-order valence-electron chi connectivity index (χ1n) is 8.94. The van der Waals surface area contributed by atoms with Gasteiger partial charge in [-0.15, -0.1) is 0 Å². The second kappa shape index (κ2) is 5.42. The Morgan fingerprint density at radius 1 is 1.22 bits per heavy atom. The number of hydrogen-bond donors (Lipinski definition) is 1. The van der Waals surface area contributed by atoms with Gasteiger partial charge in [-0.3, -0.25) is 14.4 Å². The van der Waals surface area contributed by atoms with E-state index in [4.69, 9.17) is 5.11 Å². The van der Waals surface area contributed by atoms with Crippen LogP contribution in [-0.2, 0) is 14.4 Å². The fraction of sp³-hybridized carbons (Fsp3) is 0.842. The highest BCUT2D eigenvalue weighted by molar-refractivity contribution is 5.87. The number of hydrogen-bond acceptors (Lipinski definition) is 3. The van der Waals surface area contributed by atoms with Crippen LogP contribution in [0.4, 0.5) is 0 Å². The van der Waals surface area contributed by atoms with Crippen molar-refractivity contribution in [3.63, 3.8) is 0 Å². The molecule has 3 aliphatic carbocycles. The molecule has 0 aromatic carbocycles. The summed E-state index contributed by atoms with van der Waals surface area (Å²) in [6.45, 7) is 6.39. The number of aliphatic carboxylic acids is 1. The molecule has 3 rings (SSSR count). The lowest BCUT2D eigenvalue weighted by Gasteiger charge is -2.56. The van der Waals surface area contributed by atoms with Gasteiger partial charge in [0.2, 0.25) is 0 Å². The Morgan fingerprint density at radius 2 is 1.91 bits per heavy atom. The maximum Gasteiger partial charge on any atom is 0.303 e. The van der Waals surface area contributed by atoms with Gasteiger partial charge in [0.1, 0.15) is 11.6 Å². The van der Waals surface area contributed by atoms with E-state index in [2.05, 4.69) is 13.8 Å². The quantitative estimate of drug-likeness (QED) is 0.864. The molecule has 0 aromatic heterocycles. The molecule has 128 valence electrons. The lowest BCUT2D eigenvalue weighted by Crippen LogP contribution is -2.54. The summed E-state index contributed by atoms with van der Waals surface area (Å²) in [6.07, 6.45) is 4.33. The Labute approximate surface area is 138 Å². The summed E-state index contributed by atoms with van der Waals surface area (Å²) in [5, 5.41) is 9.06. The van der Waals surface area contributed by atoms with Crippen LogP contribution in [0.5, 0.6) is 0 Å². The molecule has 0 amide bonds. The summed E-state index contributed by atoms with van der Waals surface area (Å²) in [5.74, 6) is 1.08. The second-order valence-corrected chi connectivity index (χ2v) is 8.82. The van der Waals surface area contributed by atoms with Gasteiger partial charge < -0.3 is 5.11 Å². The van der Waals surface area contributed by atoms with Crippen LogP contribution >= 0.6 is 0 Å². The van der Waals surface area contributed by atoms with E-state index in [-0.39, 0.29) is 23.5 Å². The molecule has 0 saturated heterocycles. The van der Waals surface area contributed by atoms with Crippen molar-refractivity contribution in [2.75, 3.05) is 0 Å². The van der Waals surface area contributed by atoms with Crippen LogP contribution in [0.2, 0.25) is 0 Å². The molecular weight excluding hydrogens is 292 g/mol. The van der Waals surface area contributed by atoms with Gasteiger partial charge in [0.25, 0.3) is 0 Å². The predicted octanol–water partition coefficient (Wildman–Crippen LogP) is 3.48. The summed E-state index contributed by atoms with van der Waals surface area (Å²) in [5.41, 5.74) is -0.427. The molecule has 3 aliphatic rings. The van der Waals surface area contributed by atoms with Crippen LogP contribution in [0.25, 0.3) is 0 Å². The number of carbonyl (C=O) groups excluding carboxylic acids is 2. The zero-order chi connectivity index (χ0) is 17.0. The SMILES string of the molecule is CC1CC(=O)C(C)(CCC(=O)O)C2CC[C@]3(C)CC(=O)CC3C12. The second-order valence-electron chi connectivity index (χ2n) is 8.82. The number of carboxylic acid groups (broad SMARTS) is 1. The molecule has 4 heteroatoms. The van der Waals surface area contributed by atoms with Crippen molar-refractivity contribution in [2.45, 2.75) is 65.7 Å². The summed E-state index contributed by atoms with van der Waals surface area (Å²) < 4.78 is 0. The highest BCUT2D eigenvalue weighted by Crippen LogP contribution is 2.63. The number of Topliss-reactive ketones (excluding diaryl/α,β-unsaturated/α-hetero) is 2.